The minimum atomic E-state index is -0.364. The number of unbranched alkanes of at least 4 members (excludes halogenated alkanes) is 4. The van der Waals surface area contributed by atoms with Crippen molar-refractivity contribution in [2.75, 3.05) is 48.5 Å². The van der Waals surface area contributed by atoms with Crippen LogP contribution in [0.3, 0.4) is 0 Å². The van der Waals surface area contributed by atoms with E-state index in [1.165, 1.54) is 19.3 Å². The number of nitrogens with one attached hydrogen (secondary N) is 2. The average Bonchev–Trinajstić information content (AvgIpc) is 3.10. The number of carbonyl (C=O) groups excluding carboxylic acids is 2. The molecular weight excluding hydrogens is 590 g/mol. The maximum absolute atomic E-state index is 13.7. The fraction of sp³-hybridized carbons (Fsp3) is 0.474. The maximum Gasteiger partial charge on any atom is 0.316 e. The SMILES string of the molecule is CCCCCCCNC(=O)NC1CC(N(C)C(=O)c2ccccc2)C(N(C)C)CN1C(c1ccc(OC)cc1)c1ccc(OC)cc1. The molecule has 3 aromatic rings. The molecule has 4 rings (SSSR count). The Morgan fingerprint density at radius 1 is 0.809 bits per heavy atom. The lowest BCUT2D eigenvalue weighted by atomic mass is 9.88. The molecule has 1 aliphatic rings. The molecule has 3 atom stereocenters. The topological polar surface area (TPSA) is 86.4 Å². The smallest absolute Gasteiger partial charge is 0.316 e. The largest absolute Gasteiger partial charge is 0.497 e. The first-order chi connectivity index (χ1) is 22.8. The zero-order valence-corrected chi connectivity index (χ0v) is 28.9. The Morgan fingerprint density at radius 3 is 1.91 bits per heavy atom. The number of urea groups is 1. The van der Waals surface area contributed by atoms with Crippen LogP contribution in [0.15, 0.2) is 78.9 Å². The number of rotatable bonds is 15. The van der Waals surface area contributed by atoms with Gasteiger partial charge in [0.05, 0.1) is 32.5 Å². The highest BCUT2D eigenvalue weighted by Crippen LogP contribution is 2.37. The van der Waals surface area contributed by atoms with Crippen molar-refractivity contribution < 1.29 is 19.1 Å². The molecule has 3 aromatic carbocycles. The molecule has 1 fully saturated rings. The van der Waals surface area contributed by atoms with E-state index in [0.717, 1.165) is 35.5 Å². The van der Waals surface area contributed by atoms with Crippen molar-refractivity contribution in [3.63, 3.8) is 0 Å². The minimum Gasteiger partial charge on any atom is -0.497 e. The second-order valence-electron chi connectivity index (χ2n) is 12.6. The molecular formula is C38H53N5O4. The summed E-state index contributed by atoms with van der Waals surface area (Å²) in [4.78, 5) is 33.6. The fourth-order valence-corrected chi connectivity index (χ4v) is 6.55. The molecule has 3 amide bonds. The highest BCUT2D eigenvalue weighted by atomic mass is 16.5. The van der Waals surface area contributed by atoms with E-state index < -0.39 is 0 Å². The monoisotopic (exact) mass is 643 g/mol. The molecule has 1 aliphatic heterocycles. The molecule has 254 valence electrons. The van der Waals surface area contributed by atoms with Crippen LogP contribution in [0.5, 0.6) is 11.5 Å². The van der Waals surface area contributed by atoms with Gasteiger partial charge < -0.3 is 29.9 Å². The molecule has 0 radical (unpaired) electrons. The zero-order chi connectivity index (χ0) is 33.8. The highest BCUT2D eigenvalue weighted by Gasteiger charge is 2.44. The Labute approximate surface area is 281 Å². The van der Waals surface area contributed by atoms with E-state index in [4.69, 9.17) is 9.47 Å². The van der Waals surface area contributed by atoms with Crippen molar-refractivity contribution >= 4 is 11.9 Å². The van der Waals surface area contributed by atoms with Gasteiger partial charge in [-0.2, -0.15) is 0 Å². The highest BCUT2D eigenvalue weighted by molar-refractivity contribution is 5.94. The van der Waals surface area contributed by atoms with Gasteiger partial charge in [-0.1, -0.05) is 75.1 Å². The van der Waals surface area contributed by atoms with E-state index in [0.29, 0.717) is 25.1 Å². The number of likely N-dealkylation sites (tertiary alicyclic amines) is 1. The Bertz CT molecular complexity index is 1340. The van der Waals surface area contributed by atoms with E-state index >= 15 is 0 Å². The molecule has 47 heavy (non-hydrogen) atoms. The number of hydrogen-bond donors (Lipinski definition) is 2. The van der Waals surface area contributed by atoms with Gasteiger partial charge >= 0.3 is 6.03 Å². The third-order valence-corrected chi connectivity index (χ3v) is 9.27. The van der Waals surface area contributed by atoms with Gasteiger partial charge in [-0.3, -0.25) is 9.69 Å². The maximum atomic E-state index is 13.7. The first-order valence-electron chi connectivity index (χ1n) is 16.8. The quantitative estimate of drug-likeness (QED) is 0.193. The van der Waals surface area contributed by atoms with Crippen LogP contribution in [-0.4, -0.2) is 93.3 Å². The van der Waals surface area contributed by atoms with Crippen LogP contribution in [0.4, 0.5) is 4.79 Å². The number of carbonyl (C=O) groups is 2. The summed E-state index contributed by atoms with van der Waals surface area (Å²) < 4.78 is 11.0. The van der Waals surface area contributed by atoms with Crippen molar-refractivity contribution in [3.8, 4) is 11.5 Å². The summed E-state index contributed by atoms with van der Waals surface area (Å²) in [6, 6.07) is 25.1. The number of amides is 3. The van der Waals surface area contributed by atoms with E-state index in [-0.39, 0.29) is 36.2 Å². The van der Waals surface area contributed by atoms with E-state index in [2.05, 4.69) is 65.7 Å². The molecule has 9 heteroatoms. The van der Waals surface area contributed by atoms with Crippen LogP contribution in [0.25, 0.3) is 0 Å². The summed E-state index contributed by atoms with van der Waals surface area (Å²) in [6.07, 6.45) is 5.80. The third kappa shape index (κ3) is 9.49. The zero-order valence-electron chi connectivity index (χ0n) is 28.9. The molecule has 3 unspecified atom stereocenters. The molecule has 1 heterocycles. The molecule has 0 aromatic heterocycles. The van der Waals surface area contributed by atoms with E-state index in [9.17, 15) is 9.59 Å². The molecule has 0 aliphatic carbocycles. The summed E-state index contributed by atoms with van der Waals surface area (Å²) in [5, 5.41) is 6.43. The van der Waals surface area contributed by atoms with E-state index in [1.807, 2.05) is 66.5 Å². The number of nitrogens with zero attached hydrogens (tertiary/aromatic N) is 3. The first kappa shape index (κ1) is 35.8. The van der Waals surface area contributed by atoms with Gasteiger partial charge in [-0.05, 0) is 68.0 Å². The normalized spacial score (nSPS) is 18.2. The van der Waals surface area contributed by atoms with Gasteiger partial charge in [0.2, 0.25) is 0 Å². The van der Waals surface area contributed by atoms with Crippen LogP contribution >= 0.6 is 0 Å². The average molecular weight is 644 g/mol. The molecule has 0 spiro atoms. The second-order valence-corrected chi connectivity index (χ2v) is 12.6. The van der Waals surface area contributed by atoms with Gasteiger partial charge in [0, 0.05) is 38.2 Å². The van der Waals surface area contributed by atoms with Crippen LogP contribution in [0.1, 0.15) is 73.0 Å². The number of benzene rings is 3. The van der Waals surface area contributed by atoms with Gasteiger partial charge in [0.15, 0.2) is 0 Å². The summed E-state index contributed by atoms with van der Waals surface area (Å²) in [7, 11) is 9.33. The predicted molar refractivity (Wildman–Crippen MR) is 188 cm³/mol. The molecule has 9 nitrogen and oxygen atoms in total. The second kappa shape index (κ2) is 17.7. The Balaban J connectivity index is 1.70. The van der Waals surface area contributed by atoms with Crippen LogP contribution in [0, 0.1) is 0 Å². The number of methoxy groups -OCH3 is 2. The number of ether oxygens (including phenoxy) is 2. The summed E-state index contributed by atoms with van der Waals surface area (Å²) >= 11 is 0. The van der Waals surface area contributed by atoms with Crippen molar-refractivity contribution in [2.24, 2.45) is 0 Å². The molecule has 0 saturated carbocycles. The Hall–Kier alpha value is -4.08. The van der Waals surface area contributed by atoms with Gasteiger partial charge in [0.25, 0.3) is 5.91 Å². The lowest BCUT2D eigenvalue weighted by Crippen LogP contribution is -2.66. The lowest BCUT2D eigenvalue weighted by molar-refractivity contribution is -0.00635. The first-order valence-corrected chi connectivity index (χ1v) is 16.8. The third-order valence-electron chi connectivity index (χ3n) is 9.27. The van der Waals surface area contributed by atoms with Crippen molar-refractivity contribution in [1.29, 1.82) is 0 Å². The standard InChI is InChI=1S/C38H53N5O4/c1-7-8-9-10-14-25-39-38(45)40-35-26-33(42(4)37(44)30-15-12-11-13-16-30)34(41(2)3)27-43(35)36(28-17-21-31(46-5)22-18-28)29-19-23-32(47-6)24-20-29/h11-13,15-24,33-36H,7-10,14,25-27H2,1-6H3,(H2,39,40,45). The van der Waals surface area contributed by atoms with Gasteiger partial charge in [0.1, 0.15) is 11.5 Å². The fourth-order valence-electron chi connectivity index (χ4n) is 6.55. The number of hydrogen-bond acceptors (Lipinski definition) is 6. The van der Waals surface area contributed by atoms with Crippen LogP contribution in [0.2, 0.25) is 0 Å². The summed E-state index contributed by atoms with van der Waals surface area (Å²) in [5.41, 5.74) is 2.79. The molecule has 2 N–H and O–H groups in total. The lowest BCUT2D eigenvalue weighted by Gasteiger charge is -2.51. The summed E-state index contributed by atoms with van der Waals surface area (Å²) in [6.45, 7) is 3.43. The van der Waals surface area contributed by atoms with Crippen molar-refractivity contribution in [2.45, 2.75) is 69.7 Å². The van der Waals surface area contributed by atoms with E-state index in [1.54, 1.807) is 14.2 Å². The minimum absolute atomic E-state index is 0.00802. The predicted octanol–water partition coefficient (Wildman–Crippen LogP) is 6.17. The number of likely N-dealkylation sites (N-methyl/N-ethyl adjacent to an activating group) is 2. The molecule has 1 saturated heterocycles. The Kier molecular flexibility index (Phi) is 13.5. The van der Waals surface area contributed by atoms with Crippen molar-refractivity contribution in [3.05, 3.63) is 95.6 Å². The van der Waals surface area contributed by atoms with Gasteiger partial charge in [-0.15, -0.1) is 0 Å². The number of piperidine rings is 1. The summed E-state index contributed by atoms with van der Waals surface area (Å²) in [5.74, 6) is 1.52. The van der Waals surface area contributed by atoms with Gasteiger partial charge in [-0.25, -0.2) is 4.79 Å². The van der Waals surface area contributed by atoms with Crippen LogP contribution in [-0.2, 0) is 0 Å². The van der Waals surface area contributed by atoms with Crippen molar-refractivity contribution in [1.82, 2.24) is 25.3 Å². The Morgan fingerprint density at radius 2 is 1.38 bits per heavy atom. The van der Waals surface area contributed by atoms with Crippen LogP contribution < -0.4 is 20.1 Å². The molecule has 0 bridgehead atoms.